The molecular weight excluding hydrogens is 538 g/mol. The molecule has 0 atom stereocenters. The molecule has 0 radical (unpaired) electrons. The maximum absolute atomic E-state index is 6.16. The molecule has 0 bridgehead atoms. The van der Waals surface area contributed by atoms with Gasteiger partial charge in [0, 0.05) is 23.9 Å². The molecule has 8 nitrogen and oxygen atoms in total. The number of anilines is 2. The van der Waals surface area contributed by atoms with Crippen LogP contribution in [0.15, 0.2) is 103 Å². The Labute approximate surface area is 250 Å². The fourth-order valence-corrected chi connectivity index (χ4v) is 5.21. The van der Waals surface area contributed by atoms with Crippen molar-refractivity contribution >= 4 is 22.5 Å². The summed E-state index contributed by atoms with van der Waals surface area (Å²) in [5.41, 5.74) is 14.6. The first kappa shape index (κ1) is 27.7. The molecule has 0 fully saturated rings. The largest absolute Gasteiger partial charge is 0.497 e. The summed E-state index contributed by atoms with van der Waals surface area (Å²) in [6, 6.07) is 31.9. The van der Waals surface area contributed by atoms with Crippen molar-refractivity contribution in [1.82, 2.24) is 14.5 Å². The van der Waals surface area contributed by atoms with E-state index in [0.717, 1.165) is 50.4 Å². The third-order valence-corrected chi connectivity index (χ3v) is 7.43. The first-order valence-electron chi connectivity index (χ1n) is 14.0. The van der Waals surface area contributed by atoms with E-state index in [9.17, 15) is 0 Å². The second-order valence-corrected chi connectivity index (χ2v) is 10.2. The Hall–Kier alpha value is -5.50. The van der Waals surface area contributed by atoms with Gasteiger partial charge in [-0.1, -0.05) is 54.6 Å². The molecule has 216 valence electrons. The van der Waals surface area contributed by atoms with E-state index in [1.807, 2.05) is 97.1 Å². The number of aromatic nitrogens is 3. The van der Waals surface area contributed by atoms with Gasteiger partial charge < -0.3 is 29.8 Å². The molecule has 0 saturated heterocycles. The fourth-order valence-electron chi connectivity index (χ4n) is 5.21. The molecule has 2 aromatic heterocycles. The molecule has 3 N–H and O–H groups in total. The van der Waals surface area contributed by atoms with Crippen molar-refractivity contribution in [2.75, 3.05) is 25.3 Å². The van der Waals surface area contributed by atoms with Gasteiger partial charge in [0.25, 0.3) is 0 Å². The second-order valence-electron chi connectivity index (χ2n) is 10.2. The van der Waals surface area contributed by atoms with Crippen LogP contribution in [0.1, 0.15) is 16.7 Å². The quantitative estimate of drug-likeness (QED) is 0.168. The van der Waals surface area contributed by atoms with Crippen LogP contribution in [0.3, 0.4) is 0 Å². The number of nitrogens with one attached hydrogen (secondary N) is 1. The lowest BCUT2D eigenvalue weighted by Crippen LogP contribution is -2.06. The molecule has 0 aliphatic rings. The summed E-state index contributed by atoms with van der Waals surface area (Å²) in [4.78, 5) is 9.41. The SMILES string of the molecule is COc1ccc(CNc2ncnc3c(C)c(-c4ccc(N)cc4)n(-c4ccc(OCc5ccccc5)c(OC)c4)c23)cc1. The summed E-state index contributed by atoms with van der Waals surface area (Å²) < 4.78 is 19.5. The third kappa shape index (κ3) is 5.67. The normalized spacial score (nSPS) is 11.0. The molecule has 2 heterocycles. The summed E-state index contributed by atoms with van der Waals surface area (Å²) in [5, 5.41) is 3.54. The average molecular weight is 572 g/mol. The highest BCUT2D eigenvalue weighted by Crippen LogP contribution is 2.40. The Morgan fingerprint density at radius 2 is 1.56 bits per heavy atom. The summed E-state index contributed by atoms with van der Waals surface area (Å²) in [7, 11) is 3.32. The molecule has 4 aromatic carbocycles. The van der Waals surface area contributed by atoms with E-state index in [-0.39, 0.29) is 0 Å². The first-order valence-corrected chi connectivity index (χ1v) is 14.0. The number of nitrogens with two attached hydrogens (primary N) is 1. The summed E-state index contributed by atoms with van der Waals surface area (Å²) in [6.45, 7) is 3.10. The molecule has 0 amide bonds. The van der Waals surface area contributed by atoms with Crippen LogP contribution < -0.4 is 25.3 Å². The van der Waals surface area contributed by atoms with E-state index >= 15 is 0 Å². The number of nitrogens with zero attached hydrogens (tertiary/aromatic N) is 3. The van der Waals surface area contributed by atoms with Crippen molar-refractivity contribution in [3.05, 3.63) is 120 Å². The molecule has 0 saturated carbocycles. The molecule has 0 aliphatic carbocycles. The Kier molecular flexibility index (Phi) is 7.82. The lowest BCUT2D eigenvalue weighted by Gasteiger charge is -2.17. The van der Waals surface area contributed by atoms with Gasteiger partial charge >= 0.3 is 0 Å². The van der Waals surface area contributed by atoms with Crippen molar-refractivity contribution in [2.45, 2.75) is 20.1 Å². The van der Waals surface area contributed by atoms with Crippen LogP contribution >= 0.6 is 0 Å². The zero-order chi connectivity index (χ0) is 29.8. The Morgan fingerprint density at radius 1 is 0.791 bits per heavy atom. The minimum atomic E-state index is 0.437. The van der Waals surface area contributed by atoms with Gasteiger partial charge in [-0.15, -0.1) is 0 Å². The number of hydrogen-bond acceptors (Lipinski definition) is 7. The van der Waals surface area contributed by atoms with Gasteiger partial charge in [-0.2, -0.15) is 0 Å². The average Bonchev–Trinajstić information content (AvgIpc) is 3.36. The van der Waals surface area contributed by atoms with Gasteiger partial charge in [0.05, 0.1) is 31.1 Å². The number of methoxy groups -OCH3 is 2. The van der Waals surface area contributed by atoms with Crippen molar-refractivity contribution in [1.29, 1.82) is 0 Å². The Morgan fingerprint density at radius 3 is 2.28 bits per heavy atom. The molecule has 8 heteroatoms. The summed E-state index contributed by atoms with van der Waals surface area (Å²) >= 11 is 0. The van der Waals surface area contributed by atoms with Gasteiger partial charge in [-0.05, 0) is 60.0 Å². The van der Waals surface area contributed by atoms with E-state index in [1.54, 1.807) is 20.5 Å². The van der Waals surface area contributed by atoms with Crippen LogP contribution in [0.25, 0.3) is 28.0 Å². The van der Waals surface area contributed by atoms with E-state index in [2.05, 4.69) is 21.8 Å². The van der Waals surface area contributed by atoms with E-state index in [1.165, 1.54) is 0 Å². The molecule has 6 rings (SSSR count). The lowest BCUT2D eigenvalue weighted by atomic mass is 10.1. The van der Waals surface area contributed by atoms with Gasteiger partial charge in [-0.25, -0.2) is 9.97 Å². The van der Waals surface area contributed by atoms with Crippen LogP contribution in [-0.2, 0) is 13.2 Å². The Balaban J connectivity index is 1.46. The predicted molar refractivity (Wildman–Crippen MR) is 171 cm³/mol. The molecule has 6 aromatic rings. The van der Waals surface area contributed by atoms with Crippen LogP contribution in [0.4, 0.5) is 11.5 Å². The molecule has 0 aliphatic heterocycles. The lowest BCUT2D eigenvalue weighted by molar-refractivity contribution is 0.284. The van der Waals surface area contributed by atoms with Crippen LogP contribution in [-0.4, -0.2) is 28.8 Å². The number of nitrogen functional groups attached to an aromatic ring is 1. The number of aryl methyl sites for hydroxylation is 1. The number of hydrogen-bond donors (Lipinski definition) is 2. The minimum absolute atomic E-state index is 0.437. The number of rotatable bonds is 10. The standard InChI is InChI=1S/C35H33N5O3/c1-23-32-34(35(39-22-38-32)37-20-24-9-16-29(41-2)17-10-24)40(33(23)26-11-13-27(36)14-12-26)28-15-18-30(31(19-28)42-3)43-21-25-7-5-4-6-8-25/h4-19,22H,20-21,36H2,1-3H3,(H,37,38,39). The first-order chi connectivity index (χ1) is 21.1. The molecule has 0 unspecified atom stereocenters. The van der Waals surface area contributed by atoms with Crippen LogP contribution in [0.2, 0.25) is 0 Å². The topological polar surface area (TPSA) is 96.5 Å². The van der Waals surface area contributed by atoms with Gasteiger partial charge in [0.1, 0.15) is 24.2 Å². The van der Waals surface area contributed by atoms with Crippen LogP contribution in [0.5, 0.6) is 17.2 Å². The Bertz CT molecular complexity index is 1850. The van der Waals surface area contributed by atoms with Crippen molar-refractivity contribution < 1.29 is 14.2 Å². The molecular formula is C35H33N5O3. The summed E-state index contributed by atoms with van der Waals surface area (Å²) in [5.74, 6) is 2.82. The highest BCUT2D eigenvalue weighted by atomic mass is 16.5. The minimum Gasteiger partial charge on any atom is -0.497 e. The predicted octanol–water partition coefficient (Wildman–Crippen LogP) is 7.19. The van der Waals surface area contributed by atoms with E-state index in [0.29, 0.717) is 36.2 Å². The number of ether oxygens (including phenoxy) is 3. The molecule has 43 heavy (non-hydrogen) atoms. The second kappa shape index (κ2) is 12.2. The van der Waals surface area contributed by atoms with Gasteiger partial charge in [0.2, 0.25) is 0 Å². The van der Waals surface area contributed by atoms with E-state index in [4.69, 9.17) is 24.9 Å². The van der Waals surface area contributed by atoms with Crippen LogP contribution in [0, 0.1) is 6.92 Å². The van der Waals surface area contributed by atoms with Gasteiger partial charge in [0.15, 0.2) is 17.3 Å². The highest BCUT2D eigenvalue weighted by molar-refractivity contribution is 5.97. The highest BCUT2D eigenvalue weighted by Gasteiger charge is 2.22. The maximum atomic E-state index is 6.16. The smallest absolute Gasteiger partial charge is 0.162 e. The third-order valence-electron chi connectivity index (χ3n) is 7.43. The monoisotopic (exact) mass is 571 g/mol. The van der Waals surface area contributed by atoms with Gasteiger partial charge in [-0.3, -0.25) is 0 Å². The van der Waals surface area contributed by atoms with E-state index < -0.39 is 0 Å². The number of benzene rings is 4. The van der Waals surface area contributed by atoms with Crippen molar-refractivity contribution in [2.24, 2.45) is 0 Å². The van der Waals surface area contributed by atoms with Crippen molar-refractivity contribution in [3.8, 4) is 34.2 Å². The zero-order valence-electron chi connectivity index (χ0n) is 24.4. The molecule has 0 spiro atoms. The maximum Gasteiger partial charge on any atom is 0.162 e. The summed E-state index contributed by atoms with van der Waals surface area (Å²) in [6.07, 6.45) is 1.60. The zero-order valence-corrected chi connectivity index (χ0v) is 24.4. The fraction of sp³-hybridized carbons (Fsp3) is 0.143. The number of fused-ring (bicyclic) bond motifs is 1. The van der Waals surface area contributed by atoms with Crippen molar-refractivity contribution in [3.63, 3.8) is 0 Å².